The molecule has 1 aromatic heterocycles. The summed E-state index contributed by atoms with van der Waals surface area (Å²) in [6.45, 7) is 7.88. The fourth-order valence-electron chi connectivity index (χ4n) is 2.62. The van der Waals surface area contributed by atoms with Gasteiger partial charge in [-0.25, -0.2) is 0 Å². The molecule has 0 fully saturated rings. The Morgan fingerprint density at radius 3 is 2.27 bits per heavy atom. The van der Waals surface area contributed by atoms with Gasteiger partial charge in [-0.1, -0.05) is 41.0 Å². The summed E-state index contributed by atoms with van der Waals surface area (Å²) in [5, 5.41) is 4.72. The summed E-state index contributed by atoms with van der Waals surface area (Å²) in [7, 11) is 0. The van der Waals surface area contributed by atoms with Crippen LogP contribution in [0.3, 0.4) is 0 Å². The third kappa shape index (κ3) is 4.09. The van der Waals surface area contributed by atoms with E-state index in [0.717, 1.165) is 22.4 Å². The first-order valence-corrected chi connectivity index (χ1v) is 8.95. The Balaban J connectivity index is 1.85. The van der Waals surface area contributed by atoms with E-state index >= 15 is 0 Å². The van der Waals surface area contributed by atoms with Crippen molar-refractivity contribution in [3.05, 3.63) is 59.1 Å². The molecule has 26 heavy (non-hydrogen) atoms. The highest BCUT2D eigenvalue weighted by atomic mass is 35.5. The Bertz CT molecular complexity index is 893. The first kappa shape index (κ1) is 18.5. The molecule has 5 heteroatoms. The monoisotopic (exact) mass is 370 g/mol. The predicted octanol–water partition coefficient (Wildman–Crippen LogP) is 5.64. The summed E-state index contributed by atoms with van der Waals surface area (Å²) < 4.78 is 11.2. The maximum Gasteiger partial charge on any atom is 0.167 e. The molecule has 0 aliphatic carbocycles. The van der Waals surface area contributed by atoms with Crippen LogP contribution in [-0.2, 0) is 5.54 Å². The van der Waals surface area contributed by atoms with E-state index in [1.165, 1.54) is 0 Å². The summed E-state index contributed by atoms with van der Waals surface area (Å²) in [6.07, 6.45) is 0.0680. The van der Waals surface area contributed by atoms with Crippen molar-refractivity contribution in [1.29, 1.82) is 0 Å². The van der Waals surface area contributed by atoms with Crippen molar-refractivity contribution in [2.75, 3.05) is 0 Å². The zero-order chi connectivity index (χ0) is 18.9. The quantitative estimate of drug-likeness (QED) is 0.631. The molecular formula is C21H23ClN2O2. The number of benzene rings is 2. The molecule has 2 N–H and O–H groups in total. The molecule has 0 aliphatic heterocycles. The smallest absolute Gasteiger partial charge is 0.167 e. The lowest BCUT2D eigenvalue weighted by atomic mass is 9.94. The number of nitrogens with zero attached hydrogens (tertiary/aromatic N) is 1. The van der Waals surface area contributed by atoms with Crippen LogP contribution in [0, 0.1) is 0 Å². The fourth-order valence-corrected chi connectivity index (χ4v) is 2.85. The maximum atomic E-state index is 6.31. The van der Waals surface area contributed by atoms with Gasteiger partial charge in [-0.15, -0.1) is 0 Å². The Morgan fingerprint density at radius 1 is 1.04 bits per heavy atom. The molecule has 0 atom stereocenters. The molecule has 0 bridgehead atoms. The Hall–Kier alpha value is -2.30. The summed E-state index contributed by atoms with van der Waals surface area (Å²) in [6, 6.07) is 15.5. The van der Waals surface area contributed by atoms with Gasteiger partial charge in [0.15, 0.2) is 5.76 Å². The second kappa shape index (κ2) is 7.14. The van der Waals surface area contributed by atoms with Crippen LogP contribution in [0.1, 0.15) is 33.3 Å². The molecule has 3 aromatic rings. The molecule has 0 amide bonds. The van der Waals surface area contributed by atoms with Gasteiger partial charge in [0.2, 0.25) is 0 Å². The highest BCUT2D eigenvalue weighted by Crippen LogP contribution is 2.32. The minimum Gasteiger partial charge on any atom is -0.489 e. The molecule has 0 aliphatic rings. The largest absolute Gasteiger partial charge is 0.489 e. The Morgan fingerprint density at radius 2 is 1.69 bits per heavy atom. The lowest BCUT2D eigenvalue weighted by Crippen LogP contribution is -2.28. The van der Waals surface area contributed by atoms with Crippen LogP contribution in [-0.4, -0.2) is 11.3 Å². The van der Waals surface area contributed by atoms with Crippen molar-refractivity contribution < 1.29 is 9.26 Å². The number of ether oxygens (including phenoxy) is 1. The summed E-state index contributed by atoms with van der Waals surface area (Å²) >= 11 is 6.31. The molecule has 0 saturated carbocycles. The number of hydrogen-bond acceptors (Lipinski definition) is 4. The fraction of sp³-hybridized carbons (Fsp3) is 0.286. The zero-order valence-corrected chi connectivity index (χ0v) is 16.2. The summed E-state index contributed by atoms with van der Waals surface area (Å²) in [4.78, 5) is 0. The topological polar surface area (TPSA) is 61.3 Å². The van der Waals surface area contributed by atoms with E-state index in [0.29, 0.717) is 16.5 Å². The number of halogens is 1. The van der Waals surface area contributed by atoms with Gasteiger partial charge in [0.1, 0.15) is 11.4 Å². The third-order valence-electron chi connectivity index (χ3n) is 4.01. The average Bonchev–Trinajstić information content (AvgIpc) is 3.06. The van der Waals surface area contributed by atoms with E-state index in [1.807, 2.05) is 76.2 Å². The second-order valence-corrected chi connectivity index (χ2v) is 7.59. The van der Waals surface area contributed by atoms with Crippen LogP contribution in [0.4, 0.5) is 0 Å². The van der Waals surface area contributed by atoms with E-state index in [9.17, 15) is 0 Å². The summed E-state index contributed by atoms with van der Waals surface area (Å²) in [5.74, 6) is 1.36. The van der Waals surface area contributed by atoms with Crippen molar-refractivity contribution in [3.8, 4) is 28.3 Å². The normalized spacial score (nSPS) is 11.8. The van der Waals surface area contributed by atoms with Crippen LogP contribution < -0.4 is 10.5 Å². The van der Waals surface area contributed by atoms with E-state index < -0.39 is 0 Å². The van der Waals surface area contributed by atoms with Crippen LogP contribution in [0.2, 0.25) is 5.02 Å². The molecule has 136 valence electrons. The Labute approximate surface area is 158 Å². The third-order valence-corrected chi connectivity index (χ3v) is 4.31. The molecule has 4 nitrogen and oxygen atoms in total. The van der Waals surface area contributed by atoms with Gasteiger partial charge in [0.05, 0.1) is 11.1 Å². The van der Waals surface area contributed by atoms with Crippen LogP contribution in [0.15, 0.2) is 53.1 Å². The maximum absolute atomic E-state index is 6.31. The molecule has 0 spiro atoms. The molecule has 2 aromatic carbocycles. The van der Waals surface area contributed by atoms with Gasteiger partial charge < -0.3 is 15.0 Å². The first-order chi connectivity index (χ1) is 12.2. The van der Waals surface area contributed by atoms with E-state index in [4.69, 9.17) is 26.6 Å². The van der Waals surface area contributed by atoms with Crippen molar-refractivity contribution >= 4 is 11.6 Å². The van der Waals surface area contributed by atoms with Crippen molar-refractivity contribution in [1.82, 2.24) is 5.16 Å². The SMILES string of the molecule is CC(C)Oc1ccc(-c2cc(-c3ccc(C(C)(C)N)cc3)on2)cc1Cl. The van der Waals surface area contributed by atoms with Gasteiger partial charge in [-0.05, 0) is 51.5 Å². The van der Waals surface area contributed by atoms with Gasteiger partial charge in [-0.2, -0.15) is 0 Å². The first-order valence-electron chi connectivity index (χ1n) is 8.57. The van der Waals surface area contributed by atoms with Crippen LogP contribution in [0.25, 0.3) is 22.6 Å². The van der Waals surface area contributed by atoms with Gasteiger partial charge in [-0.3, -0.25) is 0 Å². The standard InChI is InChI=1S/C21H23ClN2O2/c1-13(2)25-19-10-7-15(11-17(19)22)18-12-20(26-24-18)14-5-8-16(9-6-14)21(3,4)23/h5-13H,23H2,1-4H3. The van der Waals surface area contributed by atoms with Crippen LogP contribution in [0.5, 0.6) is 5.75 Å². The number of aromatic nitrogens is 1. The second-order valence-electron chi connectivity index (χ2n) is 7.19. The number of nitrogens with two attached hydrogens (primary N) is 1. The molecule has 0 unspecified atom stereocenters. The van der Waals surface area contributed by atoms with Gasteiger partial charge in [0.25, 0.3) is 0 Å². The number of hydrogen-bond donors (Lipinski definition) is 1. The van der Waals surface area contributed by atoms with Gasteiger partial charge >= 0.3 is 0 Å². The Kier molecular flexibility index (Phi) is 5.08. The predicted molar refractivity (Wildman–Crippen MR) is 105 cm³/mol. The minimum atomic E-state index is -0.373. The van der Waals surface area contributed by atoms with Crippen molar-refractivity contribution in [2.45, 2.75) is 39.3 Å². The lowest BCUT2D eigenvalue weighted by molar-refractivity contribution is 0.242. The molecular weight excluding hydrogens is 348 g/mol. The van der Waals surface area contributed by atoms with E-state index in [-0.39, 0.29) is 11.6 Å². The van der Waals surface area contributed by atoms with Gasteiger partial charge in [0, 0.05) is 22.7 Å². The molecule has 3 rings (SSSR count). The lowest BCUT2D eigenvalue weighted by Gasteiger charge is -2.18. The highest BCUT2D eigenvalue weighted by Gasteiger charge is 2.15. The average molecular weight is 371 g/mol. The summed E-state index contributed by atoms with van der Waals surface area (Å²) in [5.41, 5.74) is 9.36. The van der Waals surface area contributed by atoms with Crippen LogP contribution >= 0.6 is 11.6 Å². The number of rotatable bonds is 5. The minimum absolute atomic E-state index is 0.0680. The zero-order valence-electron chi connectivity index (χ0n) is 15.4. The van der Waals surface area contributed by atoms with Crippen molar-refractivity contribution in [3.63, 3.8) is 0 Å². The van der Waals surface area contributed by atoms with E-state index in [2.05, 4.69) is 5.16 Å². The van der Waals surface area contributed by atoms with E-state index in [1.54, 1.807) is 0 Å². The molecule has 0 radical (unpaired) electrons. The molecule has 0 saturated heterocycles. The highest BCUT2D eigenvalue weighted by molar-refractivity contribution is 6.32. The van der Waals surface area contributed by atoms with Crippen molar-refractivity contribution in [2.24, 2.45) is 5.73 Å². The molecule has 1 heterocycles.